The number of aromatic amines is 1. The maximum absolute atomic E-state index is 12.8. The van der Waals surface area contributed by atoms with Crippen molar-refractivity contribution in [1.29, 1.82) is 0 Å². The molecule has 3 heterocycles. The predicted octanol–water partition coefficient (Wildman–Crippen LogP) is 1.80. The normalized spacial score (nSPS) is 14.7. The minimum atomic E-state index is -0.454. The Morgan fingerprint density at radius 3 is 2.42 bits per heavy atom. The third-order valence-electron chi connectivity index (χ3n) is 4.72. The monoisotopic (exact) mass is 349 g/mol. The average molecular weight is 349 g/mol. The molecule has 0 spiro atoms. The van der Waals surface area contributed by atoms with Crippen molar-refractivity contribution < 1.29 is 9.59 Å². The van der Waals surface area contributed by atoms with Crippen LogP contribution >= 0.6 is 0 Å². The topological polar surface area (TPSA) is 82.2 Å². The van der Waals surface area contributed by atoms with Crippen molar-refractivity contribution in [2.75, 3.05) is 31.1 Å². The molecule has 0 unspecified atom stereocenters. The molecular weight excluding hydrogens is 330 g/mol. The van der Waals surface area contributed by atoms with Crippen LogP contribution in [0.15, 0.2) is 42.7 Å². The number of amides is 1. The molecule has 4 rings (SSSR count). The van der Waals surface area contributed by atoms with Crippen LogP contribution < -0.4 is 4.90 Å². The Labute approximate surface area is 150 Å². The van der Waals surface area contributed by atoms with Crippen molar-refractivity contribution in [1.82, 2.24) is 19.9 Å². The van der Waals surface area contributed by atoms with E-state index in [4.69, 9.17) is 0 Å². The number of H-pyrrole nitrogens is 1. The molecule has 7 nitrogen and oxygen atoms in total. The van der Waals surface area contributed by atoms with Gasteiger partial charge in [0.1, 0.15) is 0 Å². The van der Waals surface area contributed by atoms with Crippen molar-refractivity contribution in [3.05, 3.63) is 54.0 Å². The van der Waals surface area contributed by atoms with Crippen molar-refractivity contribution in [3.8, 4) is 0 Å². The molecule has 0 saturated carbocycles. The van der Waals surface area contributed by atoms with Crippen LogP contribution in [-0.4, -0.2) is 57.7 Å². The standard InChI is InChI=1S/C19H19N5O2/c1-13-16(14-5-2-3-6-15(14)22-13)17(25)18(26)23-9-11-24(12-10-23)19-20-7-4-8-21-19/h2-8,22H,9-12H2,1H3. The minimum Gasteiger partial charge on any atom is -0.358 e. The SMILES string of the molecule is Cc1[nH]c2ccccc2c1C(=O)C(=O)N1CCN(c2ncccn2)CC1. The Hall–Kier alpha value is -3.22. The zero-order valence-corrected chi connectivity index (χ0v) is 14.5. The number of ketones is 1. The van der Waals surface area contributed by atoms with E-state index in [1.165, 1.54) is 0 Å². The van der Waals surface area contributed by atoms with Crippen LogP contribution in [0.3, 0.4) is 0 Å². The number of fused-ring (bicyclic) bond motifs is 1. The zero-order valence-electron chi connectivity index (χ0n) is 14.5. The molecule has 1 aliphatic rings. The quantitative estimate of drug-likeness (QED) is 0.576. The average Bonchev–Trinajstić information content (AvgIpc) is 3.03. The third kappa shape index (κ3) is 2.81. The molecule has 1 amide bonds. The lowest BCUT2D eigenvalue weighted by Gasteiger charge is -2.34. The first-order valence-corrected chi connectivity index (χ1v) is 8.58. The lowest BCUT2D eigenvalue weighted by Crippen LogP contribution is -2.51. The van der Waals surface area contributed by atoms with Gasteiger partial charge in [-0.05, 0) is 19.1 Å². The number of aryl methyl sites for hydroxylation is 1. The Bertz CT molecular complexity index is 958. The highest BCUT2D eigenvalue weighted by molar-refractivity contribution is 6.45. The first-order chi connectivity index (χ1) is 12.6. The minimum absolute atomic E-state index is 0.452. The van der Waals surface area contributed by atoms with E-state index < -0.39 is 11.7 Å². The van der Waals surface area contributed by atoms with E-state index in [1.54, 1.807) is 23.4 Å². The summed E-state index contributed by atoms with van der Waals surface area (Å²) in [6.07, 6.45) is 3.40. The van der Waals surface area contributed by atoms with Gasteiger partial charge in [-0.25, -0.2) is 9.97 Å². The Morgan fingerprint density at radius 2 is 1.69 bits per heavy atom. The van der Waals surface area contributed by atoms with Crippen molar-refractivity contribution >= 4 is 28.5 Å². The number of para-hydroxylation sites is 1. The molecule has 0 radical (unpaired) electrons. The molecule has 1 N–H and O–H groups in total. The predicted molar refractivity (Wildman–Crippen MR) is 98.2 cm³/mol. The number of piperazine rings is 1. The Morgan fingerprint density at radius 1 is 1.00 bits per heavy atom. The molecule has 1 aliphatic heterocycles. The summed E-state index contributed by atoms with van der Waals surface area (Å²) >= 11 is 0. The Balaban J connectivity index is 1.50. The second kappa shape index (κ2) is 6.59. The maximum atomic E-state index is 12.8. The number of nitrogens with one attached hydrogen (secondary N) is 1. The van der Waals surface area contributed by atoms with E-state index >= 15 is 0 Å². The number of hydrogen-bond acceptors (Lipinski definition) is 5. The van der Waals surface area contributed by atoms with Gasteiger partial charge in [0.15, 0.2) is 0 Å². The van der Waals surface area contributed by atoms with Crippen molar-refractivity contribution in [2.45, 2.75) is 6.92 Å². The fraction of sp³-hybridized carbons (Fsp3) is 0.263. The summed E-state index contributed by atoms with van der Waals surface area (Å²) < 4.78 is 0. The van der Waals surface area contributed by atoms with E-state index in [2.05, 4.69) is 15.0 Å². The van der Waals surface area contributed by atoms with Gasteiger partial charge in [-0.2, -0.15) is 0 Å². The van der Waals surface area contributed by atoms with Gasteiger partial charge < -0.3 is 14.8 Å². The number of nitrogens with zero attached hydrogens (tertiary/aromatic N) is 4. The molecule has 1 aromatic carbocycles. The van der Waals surface area contributed by atoms with Crippen molar-refractivity contribution in [3.63, 3.8) is 0 Å². The molecule has 0 aliphatic carbocycles. The summed E-state index contributed by atoms with van der Waals surface area (Å²) in [6.45, 7) is 3.99. The molecular formula is C19H19N5O2. The van der Waals surface area contributed by atoms with Gasteiger partial charge in [-0.3, -0.25) is 9.59 Å². The summed E-state index contributed by atoms with van der Waals surface area (Å²) in [6, 6.07) is 9.31. The number of carbonyl (C=O) groups excluding carboxylic acids is 2. The summed E-state index contributed by atoms with van der Waals surface area (Å²) in [5.74, 6) is -0.255. The lowest BCUT2D eigenvalue weighted by atomic mass is 10.1. The Kier molecular flexibility index (Phi) is 4.12. The van der Waals surface area contributed by atoms with Crippen LogP contribution in [-0.2, 0) is 4.79 Å². The van der Waals surface area contributed by atoms with Gasteiger partial charge in [-0.15, -0.1) is 0 Å². The van der Waals surface area contributed by atoms with Gasteiger partial charge in [0.2, 0.25) is 5.95 Å². The molecule has 2 aromatic heterocycles. The van der Waals surface area contributed by atoms with E-state index in [-0.39, 0.29) is 0 Å². The van der Waals surface area contributed by atoms with Crippen LogP contribution in [0, 0.1) is 6.92 Å². The lowest BCUT2D eigenvalue weighted by molar-refractivity contribution is -0.126. The van der Waals surface area contributed by atoms with Crippen LogP contribution in [0.1, 0.15) is 16.1 Å². The first kappa shape index (κ1) is 16.3. The summed E-state index contributed by atoms with van der Waals surface area (Å²) in [4.78, 5) is 40.9. The number of Topliss-reactive ketones (excluding diaryl/α,β-unsaturated/α-hetero) is 1. The third-order valence-corrected chi connectivity index (χ3v) is 4.72. The molecule has 132 valence electrons. The van der Waals surface area contributed by atoms with E-state index in [1.807, 2.05) is 36.1 Å². The van der Waals surface area contributed by atoms with Gasteiger partial charge in [0.25, 0.3) is 11.7 Å². The number of benzene rings is 1. The summed E-state index contributed by atoms with van der Waals surface area (Å²) in [7, 11) is 0. The van der Waals surface area contributed by atoms with Crippen LogP contribution in [0.5, 0.6) is 0 Å². The smallest absolute Gasteiger partial charge is 0.295 e. The van der Waals surface area contributed by atoms with E-state index in [9.17, 15) is 9.59 Å². The maximum Gasteiger partial charge on any atom is 0.295 e. The van der Waals surface area contributed by atoms with Gasteiger partial charge in [0.05, 0.1) is 5.56 Å². The van der Waals surface area contributed by atoms with E-state index in [0.29, 0.717) is 37.7 Å². The number of aromatic nitrogens is 3. The highest BCUT2D eigenvalue weighted by Gasteiger charge is 2.30. The summed E-state index contributed by atoms with van der Waals surface area (Å²) in [5, 5.41) is 0.791. The van der Waals surface area contributed by atoms with Gasteiger partial charge in [-0.1, -0.05) is 18.2 Å². The molecule has 0 bridgehead atoms. The first-order valence-electron chi connectivity index (χ1n) is 8.58. The highest BCUT2D eigenvalue weighted by Crippen LogP contribution is 2.23. The van der Waals surface area contributed by atoms with Crippen molar-refractivity contribution in [2.24, 2.45) is 0 Å². The number of rotatable bonds is 3. The number of anilines is 1. The molecule has 7 heteroatoms. The zero-order chi connectivity index (χ0) is 18.1. The molecule has 3 aromatic rings. The largest absolute Gasteiger partial charge is 0.358 e. The highest BCUT2D eigenvalue weighted by atomic mass is 16.2. The molecule has 1 saturated heterocycles. The second-order valence-corrected chi connectivity index (χ2v) is 6.33. The van der Waals surface area contributed by atoms with Gasteiger partial charge in [0, 0.05) is 55.2 Å². The second-order valence-electron chi connectivity index (χ2n) is 6.33. The van der Waals surface area contributed by atoms with Crippen LogP contribution in [0.4, 0.5) is 5.95 Å². The molecule has 0 atom stereocenters. The molecule has 1 fully saturated rings. The van der Waals surface area contributed by atoms with Crippen LogP contribution in [0.25, 0.3) is 10.9 Å². The fourth-order valence-corrected chi connectivity index (χ4v) is 3.38. The van der Waals surface area contributed by atoms with E-state index in [0.717, 1.165) is 16.6 Å². The van der Waals surface area contributed by atoms with Crippen LogP contribution in [0.2, 0.25) is 0 Å². The number of carbonyl (C=O) groups is 2. The summed E-state index contributed by atoms with van der Waals surface area (Å²) in [5.41, 5.74) is 2.06. The molecule has 26 heavy (non-hydrogen) atoms. The van der Waals surface area contributed by atoms with Gasteiger partial charge >= 0.3 is 0 Å². The fourth-order valence-electron chi connectivity index (χ4n) is 3.38. The number of hydrogen-bond donors (Lipinski definition) is 1.